The summed E-state index contributed by atoms with van der Waals surface area (Å²) in [5.41, 5.74) is -0.786. The molecule has 1 amide bonds. The molecule has 0 spiro atoms. The average Bonchev–Trinajstić information content (AvgIpc) is 3.10. The van der Waals surface area contributed by atoms with Crippen LogP contribution in [0.5, 0.6) is 11.5 Å². The molecule has 0 aliphatic heterocycles. The minimum atomic E-state index is -0.851. The summed E-state index contributed by atoms with van der Waals surface area (Å²) in [6, 6.07) is 3.16. The van der Waals surface area contributed by atoms with Gasteiger partial charge in [0.25, 0.3) is 5.91 Å². The molecule has 0 atom stereocenters. The highest BCUT2D eigenvalue weighted by Gasteiger charge is 2.32. The van der Waals surface area contributed by atoms with E-state index in [9.17, 15) is 4.79 Å². The molecule has 0 bridgehead atoms. The number of aromatic nitrogens is 2. The standard InChI is InChI=1S/C21H30ClN3O4/c1-12(2)11-28-16-14(22)9-13(10-15(16)27-8)17(26)24-21(6,7)18-23-19(29-25-18)20(3,4)5/h9-10,12H,11H2,1-8H3,(H,24,26). The molecule has 2 rings (SSSR count). The Morgan fingerprint density at radius 3 is 2.41 bits per heavy atom. The van der Waals surface area contributed by atoms with Gasteiger partial charge in [0.15, 0.2) is 17.3 Å². The number of nitrogens with zero attached hydrogens (tertiary/aromatic N) is 2. The Balaban J connectivity index is 2.25. The van der Waals surface area contributed by atoms with Crippen molar-refractivity contribution in [3.63, 3.8) is 0 Å². The minimum Gasteiger partial charge on any atom is -0.493 e. The molecule has 1 heterocycles. The maximum Gasteiger partial charge on any atom is 0.252 e. The van der Waals surface area contributed by atoms with E-state index in [1.807, 2.05) is 34.6 Å². The van der Waals surface area contributed by atoms with Crippen molar-refractivity contribution in [2.75, 3.05) is 13.7 Å². The topological polar surface area (TPSA) is 86.5 Å². The van der Waals surface area contributed by atoms with Crippen LogP contribution in [-0.4, -0.2) is 29.8 Å². The highest BCUT2D eigenvalue weighted by atomic mass is 35.5. The first-order chi connectivity index (χ1) is 13.3. The molecular formula is C21H30ClN3O4. The molecule has 2 aromatic rings. The second-order valence-corrected chi connectivity index (χ2v) is 9.35. The van der Waals surface area contributed by atoms with Gasteiger partial charge in [0.1, 0.15) is 0 Å². The molecule has 0 unspecified atom stereocenters. The number of hydrogen-bond acceptors (Lipinski definition) is 6. The zero-order chi connectivity index (χ0) is 22.0. The molecule has 0 aliphatic rings. The first-order valence-electron chi connectivity index (χ1n) is 9.52. The molecule has 29 heavy (non-hydrogen) atoms. The molecule has 0 fully saturated rings. The van der Waals surface area contributed by atoms with E-state index in [2.05, 4.69) is 15.5 Å². The van der Waals surface area contributed by atoms with Gasteiger partial charge in [-0.05, 0) is 31.9 Å². The number of ether oxygens (including phenoxy) is 2. The highest BCUT2D eigenvalue weighted by Crippen LogP contribution is 2.37. The third-order valence-electron chi connectivity index (χ3n) is 4.11. The van der Waals surface area contributed by atoms with Gasteiger partial charge in [-0.25, -0.2) is 0 Å². The molecule has 7 nitrogen and oxygen atoms in total. The van der Waals surface area contributed by atoms with E-state index in [-0.39, 0.29) is 11.3 Å². The number of carbonyl (C=O) groups is 1. The maximum absolute atomic E-state index is 12.9. The Hall–Kier alpha value is -2.28. The van der Waals surface area contributed by atoms with Crippen LogP contribution in [0.1, 0.15) is 70.5 Å². The summed E-state index contributed by atoms with van der Waals surface area (Å²) in [6.07, 6.45) is 0. The number of carbonyl (C=O) groups excluding carboxylic acids is 1. The highest BCUT2D eigenvalue weighted by molar-refractivity contribution is 6.32. The lowest BCUT2D eigenvalue weighted by Gasteiger charge is -2.23. The molecule has 8 heteroatoms. The number of hydrogen-bond donors (Lipinski definition) is 1. The quantitative estimate of drug-likeness (QED) is 0.692. The van der Waals surface area contributed by atoms with E-state index in [0.717, 1.165) is 0 Å². The summed E-state index contributed by atoms with van der Waals surface area (Å²) in [5, 5.41) is 7.27. The second-order valence-electron chi connectivity index (χ2n) is 8.95. The van der Waals surface area contributed by atoms with Gasteiger partial charge in [0.05, 0.1) is 24.3 Å². The van der Waals surface area contributed by atoms with Crippen molar-refractivity contribution < 1.29 is 18.8 Å². The molecule has 0 saturated heterocycles. The zero-order valence-corrected chi connectivity index (χ0v) is 19.1. The molecule has 0 saturated carbocycles. The normalized spacial score (nSPS) is 12.2. The monoisotopic (exact) mass is 423 g/mol. The molecule has 1 aromatic carbocycles. The van der Waals surface area contributed by atoms with Gasteiger partial charge in [-0.15, -0.1) is 0 Å². The third kappa shape index (κ3) is 5.63. The summed E-state index contributed by atoms with van der Waals surface area (Å²) in [6.45, 7) is 14.1. The molecule has 1 aromatic heterocycles. The fourth-order valence-electron chi connectivity index (χ4n) is 2.43. The molecular weight excluding hydrogens is 394 g/mol. The van der Waals surface area contributed by atoms with Crippen LogP contribution in [0.15, 0.2) is 16.7 Å². The largest absolute Gasteiger partial charge is 0.493 e. The van der Waals surface area contributed by atoms with Crippen LogP contribution in [0, 0.1) is 5.92 Å². The van der Waals surface area contributed by atoms with Crippen molar-refractivity contribution in [2.45, 2.75) is 59.4 Å². The number of methoxy groups -OCH3 is 1. The van der Waals surface area contributed by atoms with Gasteiger partial charge in [0, 0.05) is 11.0 Å². The van der Waals surface area contributed by atoms with Crippen molar-refractivity contribution >= 4 is 17.5 Å². The fourth-order valence-corrected chi connectivity index (χ4v) is 2.70. The fraction of sp³-hybridized carbons (Fsp3) is 0.571. The van der Waals surface area contributed by atoms with Gasteiger partial charge in [-0.1, -0.05) is 51.4 Å². The zero-order valence-electron chi connectivity index (χ0n) is 18.3. The Morgan fingerprint density at radius 1 is 1.24 bits per heavy atom. The van der Waals surface area contributed by atoms with E-state index >= 15 is 0 Å². The Labute approximate surface area is 177 Å². The third-order valence-corrected chi connectivity index (χ3v) is 4.39. The predicted octanol–water partition coefficient (Wildman–Crippen LogP) is 4.73. The SMILES string of the molecule is COc1cc(C(=O)NC(C)(C)c2noc(C(C)(C)C)n2)cc(Cl)c1OCC(C)C. The lowest BCUT2D eigenvalue weighted by molar-refractivity contribution is 0.0907. The summed E-state index contributed by atoms with van der Waals surface area (Å²) in [4.78, 5) is 17.3. The number of amides is 1. The predicted molar refractivity (Wildman–Crippen MR) is 112 cm³/mol. The Kier molecular flexibility index (Phi) is 6.83. The smallest absolute Gasteiger partial charge is 0.252 e. The van der Waals surface area contributed by atoms with Gasteiger partial charge in [-0.2, -0.15) is 4.98 Å². The number of nitrogens with one attached hydrogen (secondary N) is 1. The lowest BCUT2D eigenvalue weighted by Crippen LogP contribution is -2.42. The average molecular weight is 424 g/mol. The molecule has 0 aliphatic carbocycles. The summed E-state index contributed by atoms with van der Waals surface area (Å²) in [5.74, 6) is 1.71. The van der Waals surface area contributed by atoms with Gasteiger partial charge in [-0.3, -0.25) is 4.79 Å². The molecule has 1 N–H and O–H groups in total. The summed E-state index contributed by atoms with van der Waals surface area (Å²) < 4.78 is 16.5. The maximum atomic E-state index is 12.9. The van der Waals surface area contributed by atoms with Gasteiger partial charge in [0.2, 0.25) is 5.89 Å². The van der Waals surface area contributed by atoms with Crippen molar-refractivity contribution in [1.82, 2.24) is 15.5 Å². The van der Waals surface area contributed by atoms with E-state index in [1.54, 1.807) is 26.0 Å². The first kappa shape index (κ1) is 23.0. The number of rotatable bonds is 7. The second kappa shape index (κ2) is 8.61. The minimum absolute atomic E-state index is 0.280. The van der Waals surface area contributed by atoms with Crippen molar-refractivity contribution in [3.05, 3.63) is 34.4 Å². The van der Waals surface area contributed by atoms with E-state index in [0.29, 0.717) is 46.3 Å². The van der Waals surface area contributed by atoms with Crippen LogP contribution in [0.3, 0.4) is 0 Å². The van der Waals surface area contributed by atoms with Crippen molar-refractivity contribution in [1.29, 1.82) is 0 Å². The lowest BCUT2D eigenvalue weighted by atomic mass is 9.96. The molecule has 0 radical (unpaired) electrons. The van der Waals surface area contributed by atoms with Crippen LogP contribution in [0.4, 0.5) is 0 Å². The number of halogens is 1. The van der Waals surface area contributed by atoms with Gasteiger partial charge >= 0.3 is 0 Å². The van der Waals surface area contributed by atoms with E-state index < -0.39 is 5.54 Å². The van der Waals surface area contributed by atoms with E-state index in [4.69, 9.17) is 25.6 Å². The van der Waals surface area contributed by atoms with Crippen LogP contribution in [-0.2, 0) is 11.0 Å². The van der Waals surface area contributed by atoms with Crippen LogP contribution < -0.4 is 14.8 Å². The Bertz CT molecular complexity index is 869. The van der Waals surface area contributed by atoms with Crippen LogP contribution in [0.25, 0.3) is 0 Å². The van der Waals surface area contributed by atoms with Crippen LogP contribution in [0.2, 0.25) is 5.02 Å². The van der Waals surface area contributed by atoms with Gasteiger partial charge < -0.3 is 19.3 Å². The first-order valence-corrected chi connectivity index (χ1v) is 9.90. The van der Waals surface area contributed by atoms with Crippen LogP contribution >= 0.6 is 11.6 Å². The van der Waals surface area contributed by atoms with E-state index in [1.165, 1.54) is 7.11 Å². The van der Waals surface area contributed by atoms with Crippen molar-refractivity contribution in [2.24, 2.45) is 5.92 Å². The van der Waals surface area contributed by atoms with Crippen molar-refractivity contribution in [3.8, 4) is 11.5 Å². The molecule has 160 valence electrons. The summed E-state index contributed by atoms with van der Waals surface area (Å²) >= 11 is 6.36. The Morgan fingerprint density at radius 2 is 1.90 bits per heavy atom. The number of benzene rings is 1. The summed E-state index contributed by atoms with van der Waals surface area (Å²) in [7, 11) is 1.51.